The number of nitrogens with one attached hydrogen (secondary N) is 1. The summed E-state index contributed by atoms with van der Waals surface area (Å²) in [7, 11) is 0. The monoisotopic (exact) mass is 237 g/mol. The predicted molar refractivity (Wildman–Crippen MR) is 59.4 cm³/mol. The molecule has 1 atom stereocenters. The van der Waals surface area contributed by atoms with Gasteiger partial charge in [0.15, 0.2) is 0 Å². The first kappa shape index (κ1) is 12.9. The zero-order chi connectivity index (χ0) is 12.8. The van der Waals surface area contributed by atoms with E-state index in [2.05, 4.69) is 5.32 Å². The van der Waals surface area contributed by atoms with E-state index in [0.717, 1.165) is 0 Å². The van der Waals surface area contributed by atoms with Crippen LogP contribution in [0.15, 0.2) is 18.2 Å². The van der Waals surface area contributed by atoms with Crippen LogP contribution in [0.1, 0.15) is 5.56 Å². The molecular weight excluding hydrogens is 226 g/mol. The average Bonchev–Trinajstić information content (AvgIpc) is 2.35. The fraction of sp³-hybridized carbons (Fsp3) is 0.300. The van der Waals surface area contributed by atoms with Gasteiger partial charge < -0.3 is 15.5 Å². The lowest BCUT2D eigenvalue weighted by molar-refractivity contribution is -0.384. The van der Waals surface area contributed by atoms with Crippen LogP contribution in [0.3, 0.4) is 0 Å². The summed E-state index contributed by atoms with van der Waals surface area (Å²) in [5.74, 6) is 0. The van der Waals surface area contributed by atoms with Crippen molar-refractivity contribution in [2.75, 3.05) is 18.5 Å². The van der Waals surface area contributed by atoms with Gasteiger partial charge in [-0.3, -0.25) is 10.1 Å². The molecule has 1 aromatic rings. The summed E-state index contributed by atoms with van der Waals surface area (Å²) < 4.78 is 0. The summed E-state index contributed by atoms with van der Waals surface area (Å²) in [6, 6.07) is 5.74. The van der Waals surface area contributed by atoms with Crippen LogP contribution in [0.5, 0.6) is 0 Å². The number of nitrogens with zero attached hydrogens (tertiary/aromatic N) is 2. The summed E-state index contributed by atoms with van der Waals surface area (Å²) in [5, 5.41) is 39.7. The van der Waals surface area contributed by atoms with E-state index in [4.69, 9.17) is 15.5 Å². The molecule has 1 aromatic carbocycles. The van der Waals surface area contributed by atoms with Crippen molar-refractivity contribution >= 4 is 11.4 Å². The molecule has 0 saturated heterocycles. The number of nitriles is 1. The van der Waals surface area contributed by atoms with Crippen molar-refractivity contribution in [3.05, 3.63) is 33.9 Å². The Morgan fingerprint density at radius 1 is 1.59 bits per heavy atom. The first-order chi connectivity index (χ1) is 8.08. The summed E-state index contributed by atoms with van der Waals surface area (Å²) in [6.07, 6.45) is -1.01. The van der Waals surface area contributed by atoms with Crippen molar-refractivity contribution < 1.29 is 15.1 Å². The second-order valence-electron chi connectivity index (χ2n) is 3.32. The number of nitro groups is 1. The largest absolute Gasteiger partial charge is 0.394 e. The molecule has 0 aliphatic carbocycles. The zero-order valence-electron chi connectivity index (χ0n) is 8.83. The van der Waals surface area contributed by atoms with Crippen LogP contribution in [0.2, 0.25) is 0 Å². The van der Waals surface area contributed by atoms with Crippen molar-refractivity contribution in [1.82, 2.24) is 0 Å². The van der Waals surface area contributed by atoms with Gasteiger partial charge in [-0.2, -0.15) is 5.26 Å². The van der Waals surface area contributed by atoms with Crippen molar-refractivity contribution in [2.45, 2.75) is 6.10 Å². The van der Waals surface area contributed by atoms with Crippen LogP contribution >= 0.6 is 0 Å². The van der Waals surface area contributed by atoms with Gasteiger partial charge >= 0.3 is 0 Å². The average molecular weight is 237 g/mol. The van der Waals surface area contributed by atoms with Gasteiger partial charge in [0.25, 0.3) is 5.69 Å². The number of hydrogen-bond acceptors (Lipinski definition) is 6. The molecule has 1 rings (SSSR count). The molecule has 7 heteroatoms. The summed E-state index contributed by atoms with van der Waals surface area (Å²) in [4.78, 5) is 10.1. The van der Waals surface area contributed by atoms with Crippen LogP contribution in [0.25, 0.3) is 0 Å². The molecule has 17 heavy (non-hydrogen) atoms. The standard InChI is InChI=1S/C10H11N3O4/c11-4-7-1-2-10(13(16)17)9(3-7)12-5-8(15)6-14/h1-3,8,12,14-15H,5-6H2. The molecule has 0 spiro atoms. The molecule has 3 N–H and O–H groups in total. The maximum absolute atomic E-state index is 10.7. The van der Waals surface area contributed by atoms with E-state index in [1.165, 1.54) is 18.2 Å². The highest BCUT2D eigenvalue weighted by atomic mass is 16.6. The van der Waals surface area contributed by atoms with Crippen LogP contribution in [-0.4, -0.2) is 34.4 Å². The number of rotatable bonds is 5. The minimum atomic E-state index is -1.01. The van der Waals surface area contributed by atoms with Gasteiger partial charge in [-0.25, -0.2) is 0 Å². The fourth-order valence-corrected chi connectivity index (χ4v) is 1.20. The summed E-state index contributed by atoms with van der Waals surface area (Å²) >= 11 is 0. The molecule has 90 valence electrons. The summed E-state index contributed by atoms with van der Waals surface area (Å²) in [6.45, 7) is -0.481. The minimum absolute atomic E-state index is 0.0355. The lowest BCUT2D eigenvalue weighted by Crippen LogP contribution is -2.23. The third kappa shape index (κ3) is 3.41. The fourth-order valence-electron chi connectivity index (χ4n) is 1.20. The number of benzene rings is 1. The van der Waals surface area contributed by atoms with Crippen molar-refractivity contribution in [2.24, 2.45) is 0 Å². The summed E-state index contributed by atoms with van der Waals surface area (Å²) in [5.41, 5.74) is 0.229. The van der Waals surface area contributed by atoms with E-state index in [-0.39, 0.29) is 23.5 Å². The molecular formula is C10H11N3O4. The van der Waals surface area contributed by atoms with Gasteiger partial charge in [0.05, 0.1) is 29.3 Å². The maximum Gasteiger partial charge on any atom is 0.292 e. The van der Waals surface area contributed by atoms with Crippen LogP contribution in [0, 0.1) is 21.4 Å². The topological polar surface area (TPSA) is 119 Å². The highest BCUT2D eigenvalue weighted by molar-refractivity contribution is 5.64. The van der Waals surface area contributed by atoms with Crippen molar-refractivity contribution in [1.29, 1.82) is 5.26 Å². The Hall–Kier alpha value is -2.17. The van der Waals surface area contributed by atoms with E-state index in [0.29, 0.717) is 0 Å². The number of nitro benzene ring substituents is 1. The Morgan fingerprint density at radius 2 is 2.29 bits per heavy atom. The zero-order valence-corrected chi connectivity index (χ0v) is 8.83. The van der Waals surface area contributed by atoms with Crippen molar-refractivity contribution in [3.63, 3.8) is 0 Å². The quantitative estimate of drug-likeness (QED) is 0.498. The third-order valence-corrected chi connectivity index (χ3v) is 2.06. The lowest BCUT2D eigenvalue weighted by Gasteiger charge is -2.10. The van der Waals surface area contributed by atoms with Crippen LogP contribution in [0.4, 0.5) is 11.4 Å². The Kier molecular flexibility index (Phi) is 4.39. The Balaban J connectivity index is 2.94. The SMILES string of the molecule is N#Cc1ccc([N+](=O)[O-])c(NCC(O)CO)c1. The van der Waals surface area contributed by atoms with Gasteiger partial charge in [-0.05, 0) is 12.1 Å². The molecule has 0 heterocycles. The lowest BCUT2D eigenvalue weighted by atomic mass is 10.2. The molecule has 7 nitrogen and oxygen atoms in total. The van der Waals surface area contributed by atoms with Gasteiger partial charge in [0, 0.05) is 12.6 Å². The molecule has 0 aliphatic heterocycles. The van der Waals surface area contributed by atoms with E-state index in [1.54, 1.807) is 0 Å². The maximum atomic E-state index is 10.7. The smallest absolute Gasteiger partial charge is 0.292 e. The third-order valence-electron chi connectivity index (χ3n) is 2.06. The minimum Gasteiger partial charge on any atom is -0.394 e. The van der Waals surface area contributed by atoms with E-state index >= 15 is 0 Å². The normalized spacial score (nSPS) is 11.6. The van der Waals surface area contributed by atoms with E-state index < -0.39 is 17.6 Å². The molecule has 0 saturated carbocycles. The predicted octanol–water partition coefficient (Wildman–Crippen LogP) is 0.232. The van der Waals surface area contributed by atoms with Gasteiger partial charge in [-0.1, -0.05) is 0 Å². The second-order valence-corrected chi connectivity index (χ2v) is 3.32. The number of aliphatic hydroxyl groups excluding tert-OH is 2. The number of aliphatic hydroxyl groups is 2. The van der Waals surface area contributed by atoms with E-state index in [9.17, 15) is 10.1 Å². The molecule has 0 bridgehead atoms. The second kappa shape index (κ2) is 5.79. The molecule has 1 unspecified atom stereocenters. The first-order valence-electron chi connectivity index (χ1n) is 4.79. The Bertz CT molecular complexity index is 455. The highest BCUT2D eigenvalue weighted by Gasteiger charge is 2.14. The molecule has 0 amide bonds. The Labute approximate surface area is 97.1 Å². The van der Waals surface area contributed by atoms with Crippen LogP contribution < -0.4 is 5.32 Å². The number of anilines is 1. The van der Waals surface area contributed by atoms with Gasteiger partial charge in [-0.15, -0.1) is 0 Å². The molecule has 0 aromatic heterocycles. The molecule has 0 radical (unpaired) electrons. The Morgan fingerprint density at radius 3 is 2.82 bits per heavy atom. The van der Waals surface area contributed by atoms with Gasteiger partial charge in [0.2, 0.25) is 0 Å². The van der Waals surface area contributed by atoms with Crippen molar-refractivity contribution in [3.8, 4) is 6.07 Å². The molecule has 0 aliphatic rings. The van der Waals surface area contributed by atoms with Gasteiger partial charge in [0.1, 0.15) is 5.69 Å². The highest BCUT2D eigenvalue weighted by Crippen LogP contribution is 2.25. The first-order valence-corrected chi connectivity index (χ1v) is 4.79. The van der Waals surface area contributed by atoms with E-state index in [1.807, 2.05) is 6.07 Å². The molecule has 0 fully saturated rings. The van der Waals surface area contributed by atoms with Crippen LogP contribution in [-0.2, 0) is 0 Å². The number of hydrogen-bond donors (Lipinski definition) is 3.